The number of carbonyl (C=O) groups excluding carboxylic acids is 1. The van der Waals surface area contributed by atoms with Crippen LogP contribution in [0.1, 0.15) is 17.3 Å². The average molecular weight is 449 g/mol. The lowest BCUT2D eigenvalue weighted by Gasteiger charge is -2.21. The van der Waals surface area contributed by atoms with E-state index in [4.69, 9.17) is 23.2 Å². The highest BCUT2D eigenvalue weighted by Gasteiger charge is 2.20. The van der Waals surface area contributed by atoms with Crippen molar-refractivity contribution in [1.82, 2.24) is 0 Å². The van der Waals surface area contributed by atoms with Crippen LogP contribution in [-0.4, -0.2) is 20.9 Å². The predicted octanol–water partition coefficient (Wildman–Crippen LogP) is 5.46. The monoisotopic (exact) mass is 448 g/mol. The summed E-state index contributed by atoms with van der Waals surface area (Å²) >= 11 is 11.9. The van der Waals surface area contributed by atoms with Crippen LogP contribution < -0.4 is 9.62 Å². The molecule has 8 heteroatoms. The first-order chi connectivity index (χ1) is 13.8. The first-order valence-corrected chi connectivity index (χ1v) is 11.0. The lowest BCUT2D eigenvalue weighted by atomic mass is 10.1. The Balaban J connectivity index is 1.89. The van der Waals surface area contributed by atoms with Crippen LogP contribution in [0.2, 0.25) is 10.0 Å². The molecule has 0 fully saturated rings. The van der Waals surface area contributed by atoms with Crippen LogP contribution in [-0.2, 0) is 10.0 Å². The van der Waals surface area contributed by atoms with E-state index >= 15 is 0 Å². The van der Waals surface area contributed by atoms with Gasteiger partial charge in [0.15, 0.2) is 0 Å². The molecule has 0 unspecified atom stereocenters. The van der Waals surface area contributed by atoms with Crippen LogP contribution in [0.3, 0.4) is 0 Å². The molecular formula is C21H18Cl2N2O3S. The zero-order chi connectivity index (χ0) is 21.0. The van der Waals surface area contributed by atoms with Gasteiger partial charge < -0.3 is 4.90 Å². The molecule has 0 bridgehead atoms. The van der Waals surface area contributed by atoms with Gasteiger partial charge in [0.25, 0.3) is 15.9 Å². The van der Waals surface area contributed by atoms with Gasteiger partial charge in [-0.2, -0.15) is 0 Å². The minimum absolute atomic E-state index is 0.0513. The highest BCUT2D eigenvalue weighted by molar-refractivity contribution is 7.92. The number of carbonyl (C=O) groups is 1. The van der Waals surface area contributed by atoms with E-state index < -0.39 is 10.0 Å². The van der Waals surface area contributed by atoms with Crippen LogP contribution in [0.4, 0.5) is 11.4 Å². The number of nitrogens with one attached hydrogen (secondary N) is 1. The Bertz CT molecular complexity index is 1140. The van der Waals surface area contributed by atoms with Crippen molar-refractivity contribution >= 4 is 50.5 Å². The van der Waals surface area contributed by atoms with Crippen LogP contribution in [0.15, 0.2) is 77.7 Å². The van der Waals surface area contributed by atoms with E-state index in [9.17, 15) is 13.2 Å². The van der Waals surface area contributed by atoms with Gasteiger partial charge in [0.1, 0.15) is 4.90 Å². The molecule has 0 spiro atoms. The number of benzene rings is 3. The molecule has 3 aromatic carbocycles. The molecule has 0 aliphatic heterocycles. The number of amides is 1. The van der Waals surface area contributed by atoms with Crippen LogP contribution in [0.5, 0.6) is 0 Å². The molecule has 5 nitrogen and oxygen atoms in total. The Morgan fingerprint density at radius 1 is 0.966 bits per heavy atom. The predicted molar refractivity (Wildman–Crippen MR) is 118 cm³/mol. The van der Waals surface area contributed by atoms with Crippen molar-refractivity contribution in [2.45, 2.75) is 11.8 Å². The zero-order valence-corrected chi connectivity index (χ0v) is 17.8. The van der Waals surface area contributed by atoms with Crippen LogP contribution >= 0.6 is 23.2 Å². The Hall–Kier alpha value is -2.54. The average Bonchev–Trinajstić information content (AvgIpc) is 2.71. The molecule has 0 radical (unpaired) electrons. The van der Waals surface area contributed by atoms with E-state index in [-0.39, 0.29) is 26.5 Å². The van der Waals surface area contributed by atoms with Crippen molar-refractivity contribution in [3.05, 3.63) is 88.4 Å². The summed E-state index contributed by atoms with van der Waals surface area (Å²) < 4.78 is 27.9. The van der Waals surface area contributed by atoms with Gasteiger partial charge in [-0.25, -0.2) is 8.42 Å². The highest BCUT2D eigenvalue weighted by Crippen LogP contribution is 2.27. The van der Waals surface area contributed by atoms with Crippen LogP contribution in [0, 0.1) is 0 Å². The largest absolute Gasteiger partial charge is 0.309 e. The van der Waals surface area contributed by atoms with Crippen LogP contribution in [0.25, 0.3) is 0 Å². The lowest BCUT2D eigenvalue weighted by molar-refractivity contribution is 0.0988. The minimum Gasteiger partial charge on any atom is -0.309 e. The van der Waals surface area contributed by atoms with Crippen molar-refractivity contribution < 1.29 is 13.2 Å². The Labute approximate surface area is 179 Å². The summed E-state index contributed by atoms with van der Waals surface area (Å²) in [7, 11) is -3.98. The van der Waals surface area contributed by atoms with Gasteiger partial charge in [-0.05, 0) is 55.5 Å². The van der Waals surface area contributed by atoms with Gasteiger partial charge in [0.05, 0.1) is 5.02 Å². The summed E-state index contributed by atoms with van der Waals surface area (Å²) in [5, 5.41) is 0.301. The minimum atomic E-state index is -3.98. The highest BCUT2D eigenvalue weighted by atomic mass is 35.5. The smallest absolute Gasteiger partial charge is 0.263 e. The van der Waals surface area contributed by atoms with E-state index in [1.165, 1.54) is 24.3 Å². The maximum Gasteiger partial charge on any atom is 0.263 e. The van der Waals surface area contributed by atoms with Gasteiger partial charge in [-0.3, -0.25) is 9.52 Å². The topological polar surface area (TPSA) is 66.5 Å². The Kier molecular flexibility index (Phi) is 6.47. The molecule has 0 aromatic heterocycles. The van der Waals surface area contributed by atoms with Gasteiger partial charge in [-0.1, -0.05) is 47.5 Å². The molecule has 29 heavy (non-hydrogen) atoms. The number of halogens is 2. The van der Waals surface area contributed by atoms with Gasteiger partial charge in [-0.15, -0.1) is 0 Å². The van der Waals surface area contributed by atoms with E-state index in [0.29, 0.717) is 12.1 Å². The molecule has 0 saturated carbocycles. The first-order valence-electron chi connectivity index (χ1n) is 8.76. The maximum atomic E-state index is 13.0. The van der Waals surface area contributed by atoms with Gasteiger partial charge >= 0.3 is 0 Å². The number of sulfonamides is 1. The molecule has 0 saturated heterocycles. The van der Waals surface area contributed by atoms with Crippen molar-refractivity contribution in [3.63, 3.8) is 0 Å². The summed E-state index contributed by atoms with van der Waals surface area (Å²) in [6.07, 6.45) is 0. The third kappa shape index (κ3) is 4.90. The fourth-order valence-electron chi connectivity index (χ4n) is 2.82. The number of para-hydroxylation sites is 1. The van der Waals surface area contributed by atoms with Crippen molar-refractivity contribution in [1.29, 1.82) is 0 Å². The third-order valence-electron chi connectivity index (χ3n) is 4.17. The number of hydrogen-bond acceptors (Lipinski definition) is 3. The van der Waals surface area contributed by atoms with Crippen molar-refractivity contribution in [2.75, 3.05) is 16.2 Å². The van der Waals surface area contributed by atoms with Crippen molar-refractivity contribution in [2.24, 2.45) is 0 Å². The van der Waals surface area contributed by atoms with Gasteiger partial charge in [0, 0.05) is 28.5 Å². The number of nitrogens with zero attached hydrogens (tertiary/aromatic N) is 1. The summed E-state index contributed by atoms with van der Waals surface area (Å²) in [6.45, 7) is 2.34. The Morgan fingerprint density at radius 2 is 1.69 bits per heavy atom. The summed E-state index contributed by atoms with van der Waals surface area (Å²) in [4.78, 5) is 14.4. The third-order valence-corrected chi connectivity index (χ3v) is 6.27. The molecule has 1 N–H and O–H groups in total. The molecule has 0 aliphatic carbocycles. The second-order valence-electron chi connectivity index (χ2n) is 6.15. The maximum absolute atomic E-state index is 13.0. The SMILES string of the molecule is CCN(C(=O)c1cccc(NS(=O)(=O)c2cc(Cl)ccc2Cl)c1)c1ccccc1. The standard InChI is InChI=1S/C21H18Cl2N2O3S/c1-2-25(18-9-4-3-5-10-18)21(26)15-7-6-8-17(13-15)24-29(27,28)20-14-16(22)11-12-19(20)23/h3-14,24H,2H2,1H3. The summed E-state index contributed by atoms with van der Waals surface area (Å²) in [5.74, 6) is -0.236. The summed E-state index contributed by atoms with van der Waals surface area (Å²) in [5.41, 5.74) is 1.36. The van der Waals surface area contributed by atoms with E-state index in [2.05, 4.69) is 4.72 Å². The molecule has 0 heterocycles. The summed E-state index contributed by atoms with van der Waals surface area (Å²) in [6, 6.07) is 19.8. The Morgan fingerprint density at radius 3 is 2.38 bits per heavy atom. The fraction of sp³-hybridized carbons (Fsp3) is 0.0952. The first kappa shape index (κ1) is 21.2. The molecule has 3 aromatic rings. The number of anilines is 2. The molecule has 0 atom stereocenters. The van der Waals surface area contributed by atoms with Crippen molar-refractivity contribution in [3.8, 4) is 0 Å². The molecule has 3 rings (SSSR count). The molecule has 1 amide bonds. The zero-order valence-electron chi connectivity index (χ0n) is 15.5. The molecular weight excluding hydrogens is 431 g/mol. The quantitative estimate of drug-likeness (QED) is 0.544. The normalized spacial score (nSPS) is 11.1. The van der Waals surface area contributed by atoms with E-state index in [0.717, 1.165) is 5.69 Å². The fourth-order valence-corrected chi connectivity index (χ4v) is 4.63. The number of rotatable bonds is 6. The van der Waals surface area contributed by atoms with Gasteiger partial charge in [0.2, 0.25) is 0 Å². The van der Waals surface area contributed by atoms with E-state index in [1.54, 1.807) is 23.1 Å². The second kappa shape index (κ2) is 8.86. The molecule has 150 valence electrons. The van der Waals surface area contributed by atoms with E-state index in [1.807, 2.05) is 37.3 Å². The number of hydrogen-bond donors (Lipinski definition) is 1. The lowest BCUT2D eigenvalue weighted by Crippen LogP contribution is -2.30. The molecule has 0 aliphatic rings. The second-order valence-corrected chi connectivity index (χ2v) is 8.64.